The topological polar surface area (TPSA) is 28.7 Å². The second-order valence-electron chi connectivity index (χ2n) is 2.25. The Labute approximate surface area is 76.8 Å². The fourth-order valence-electron chi connectivity index (χ4n) is 0.923. The predicted octanol–water partition coefficient (Wildman–Crippen LogP) is 2.81. The number of aromatic nitrogens is 2. The normalized spacial score (nSPS) is 10.8. The first-order valence-electron chi connectivity index (χ1n) is 3.71. The quantitative estimate of drug-likeness (QED) is 0.724. The summed E-state index contributed by atoms with van der Waals surface area (Å²) in [6, 6.07) is 0. The molecule has 0 amide bonds. The first kappa shape index (κ1) is 9.13. The average Bonchev–Trinajstić information content (AvgIpc) is 2.48. The summed E-state index contributed by atoms with van der Waals surface area (Å²) in [6.07, 6.45) is 7.71. The van der Waals surface area contributed by atoms with Crippen molar-refractivity contribution in [1.82, 2.24) is 9.97 Å². The van der Waals surface area contributed by atoms with Gasteiger partial charge in [0, 0.05) is 0 Å². The highest BCUT2D eigenvalue weighted by molar-refractivity contribution is 7.98. The van der Waals surface area contributed by atoms with Crippen LogP contribution in [0.15, 0.2) is 17.8 Å². The molecule has 1 aromatic rings. The van der Waals surface area contributed by atoms with E-state index in [1.807, 2.05) is 25.3 Å². The smallest absolute Gasteiger partial charge is 0.166 e. The largest absolute Gasteiger partial charge is 0.333 e. The highest BCUT2D eigenvalue weighted by Gasteiger charge is 2.02. The van der Waals surface area contributed by atoms with Crippen molar-refractivity contribution < 1.29 is 0 Å². The van der Waals surface area contributed by atoms with Gasteiger partial charge in [0.05, 0.1) is 11.4 Å². The van der Waals surface area contributed by atoms with Crippen molar-refractivity contribution in [2.45, 2.75) is 12.1 Å². The van der Waals surface area contributed by atoms with Crippen LogP contribution in [0.25, 0.3) is 12.2 Å². The van der Waals surface area contributed by atoms with E-state index < -0.39 is 0 Å². The summed E-state index contributed by atoms with van der Waals surface area (Å²) in [5.74, 6) is 0. The van der Waals surface area contributed by atoms with Gasteiger partial charge < -0.3 is 4.98 Å². The van der Waals surface area contributed by atoms with E-state index in [0.29, 0.717) is 0 Å². The van der Waals surface area contributed by atoms with Crippen molar-refractivity contribution in [2.24, 2.45) is 0 Å². The van der Waals surface area contributed by atoms with Crippen LogP contribution in [0.5, 0.6) is 0 Å². The number of nitrogens with one attached hydrogen (secondary N) is 1. The third kappa shape index (κ3) is 1.80. The third-order valence-corrected chi connectivity index (χ3v) is 2.04. The fraction of sp³-hybridized carbons (Fsp3) is 0.222. The van der Waals surface area contributed by atoms with Crippen LogP contribution in [-0.4, -0.2) is 16.2 Å². The maximum Gasteiger partial charge on any atom is 0.166 e. The van der Waals surface area contributed by atoms with E-state index in [9.17, 15) is 0 Å². The van der Waals surface area contributed by atoms with Crippen LogP contribution in [0.3, 0.4) is 0 Å². The Morgan fingerprint density at radius 2 is 2.33 bits per heavy atom. The minimum absolute atomic E-state index is 0.914. The Kier molecular flexibility index (Phi) is 3.17. The second kappa shape index (κ2) is 4.16. The van der Waals surface area contributed by atoms with Crippen LogP contribution in [0.2, 0.25) is 0 Å². The standard InChI is InChI=1S/C9H12N2S/c1-4-6-8-7(5-2)10-9(11-8)12-3/h4-6H,2H2,1,3H3,(H,10,11)/b6-4-. The molecular weight excluding hydrogens is 168 g/mol. The fourth-order valence-corrected chi connectivity index (χ4v) is 1.32. The molecule has 0 radical (unpaired) electrons. The van der Waals surface area contributed by atoms with E-state index >= 15 is 0 Å². The maximum atomic E-state index is 4.30. The highest BCUT2D eigenvalue weighted by atomic mass is 32.2. The Morgan fingerprint density at radius 1 is 1.58 bits per heavy atom. The first-order chi connectivity index (χ1) is 5.81. The Bertz CT molecular complexity index is 299. The predicted molar refractivity (Wildman–Crippen MR) is 55.2 cm³/mol. The van der Waals surface area contributed by atoms with E-state index in [1.54, 1.807) is 17.8 Å². The van der Waals surface area contributed by atoms with E-state index in [-0.39, 0.29) is 0 Å². The van der Waals surface area contributed by atoms with Gasteiger partial charge in [0.1, 0.15) is 0 Å². The SMILES string of the molecule is C=Cc1nc(SC)[nH]c1/C=C\C. The number of imidazole rings is 1. The Morgan fingerprint density at radius 3 is 2.83 bits per heavy atom. The second-order valence-corrected chi connectivity index (χ2v) is 3.04. The molecule has 0 unspecified atom stereocenters. The minimum atomic E-state index is 0.914. The molecule has 0 saturated carbocycles. The molecule has 0 fully saturated rings. The molecule has 0 aromatic carbocycles. The zero-order valence-electron chi connectivity index (χ0n) is 7.29. The summed E-state index contributed by atoms with van der Waals surface area (Å²) < 4.78 is 0. The zero-order chi connectivity index (χ0) is 8.97. The summed E-state index contributed by atoms with van der Waals surface area (Å²) in [5.41, 5.74) is 1.94. The van der Waals surface area contributed by atoms with Crippen molar-refractivity contribution in [3.05, 3.63) is 24.0 Å². The molecule has 2 nitrogen and oxygen atoms in total. The van der Waals surface area contributed by atoms with Gasteiger partial charge in [-0.05, 0) is 25.3 Å². The molecule has 64 valence electrons. The van der Waals surface area contributed by atoms with Crippen molar-refractivity contribution in [2.75, 3.05) is 6.26 Å². The van der Waals surface area contributed by atoms with Gasteiger partial charge in [0.2, 0.25) is 0 Å². The number of rotatable bonds is 3. The van der Waals surface area contributed by atoms with Gasteiger partial charge >= 0.3 is 0 Å². The van der Waals surface area contributed by atoms with E-state index in [1.165, 1.54) is 0 Å². The summed E-state index contributed by atoms with van der Waals surface area (Å²) in [5, 5.41) is 0.929. The summed E-state index contributed by atoms with van der Waals surface area (Å²) >= 11 is 1.60. The minimum Gasteiger partial charge on any atom is -0.333 e. The molecule has 12 heavy (non-hydrogen) atoms. The lowest BCUT2D eigenvalue weighted by Gasteiger charge is -1.86. The maximum absolute atomic E-state index is 4.30. The molecule has 0 atom stereocenters. The first-order valence-corrected chi connectivity index (χ1v) is 4.93. The molecule has 1 N–H and O–H groups in total. The highest BCUT2D eigenvalue weighted by Crippen LogP contribution is 2.15. The average molecular weight is 180 g/mol. The molecule has 0 aliphatic carbocycles. The van der Waals surface area contributed by atoms with Gasteiger partial charge in [-0.1, -0.05) is 24.4 Å². The van der Waals surface area contributed by atoms with Gasteiger partial charge in [-0.15, -0.1) is 0 Å². The van der Waals surface area contributed by atoms with Crippen molar-refractivity contribution >= 4 is 23.9 Å². The molecule has 0 saturated heterocycles. The Hall–Kier alpha value is -0.960. The molecule has 1 heterocycles. The van der Waals surface area contributed by atoms with Crippen LogP contribution in [0, 0.1) is 0 Å². The molecule has 0 aliphatic heterocycles. The van der Waals surface area contributed by atoms with E-state index in [2.05, 4.69) is 16.5 Å². The molecule has 0 bridgehead atoms. The molecular formula is C9H12N2S. The lowest BCUT2D eigenvalue weighted by atomic mass is 10.3. The number of allylic oxidation sites excluding steroid dienone is 1. The summed E-state index contributed by atoms with van der Waals surface area (Å²) in [7, 11) is 0. The molecule has 0 aliphatic rings. The Balaban J connectivity index is 3.07. The van der Waals surface area contributed by atoms with Crippen LogP contribution in [-0.2, 0) is 0 Å². The van der Waals surface area contributed by atoms with Crippen LogP contribution >= 0.6 is 11.8 Å². The van der Waals surface area contributed by atoms with Gasteiger partial charge in [-0.3, -0.25) is 0 Å². The molecule has 3 heteroatoms. The van der Waals surface area contributed by atoms with Crippen molar-refractivity contribution in [1.29, 1.82) is 0 Å². The molecule has 1 rings (SSSR count). The van der Waals surface area contributed by atoms with Crippen molar-refractivity contribution in [3.8, 4) is 0 Å². The van der Waals surface area contributed by atoms with E-state index in [4.69, 9.17) is 0 Å². The van der Waals surface area contributed by atoms with Crippen molar-refractivity contribution in [3.63, 3.8) is 0 Å². The van der Waals surface area contributed by atoms with Gasteiger partial charge in [0.15, 0.2) is 5.16 Å². The number of hydrogen-bond acceptors (Lipinski definition) is 2. The molecule has 1 aromatic heterocycles. The number of thioether (sulfide) groups is 1. The monoisotopic (exact) mass is 180 g/mol. The van der Waals surface area contributed by atoms with Gasteiger partial charge in [-0.2, -0.15) is 0 Å². The number of aromatic amines is 1. The third-order valence-electron chi connectivity index (χ3n) is 1.46. The van der Waals surface area contributed by atoms with Gasteiger partial charge in [0.25, 0.3) is 0 Å². The van der Waals surface area contributed by atoms with E-state index in [0.717, 1.165) is 16.5 Å². The van der Waals surface area contributed by atoms with Gasteiger partial charge in [-0.25, -0.2) is 4.98 Å². The zero-order valence-corrected chi connectivity index (χ0v) is 8.11. The van der Waals surface area contributed by atoms with Crippen LogP contribution < -0.4 is 0 Å². The lowest BCUT2D eigenvalue weighted by molar-refractivity contribution is 1.06. The van der Waals surface area contributed by atoms with Crippen LogP contribution in [0.1, 0.15) is 18.3 Å². The molecule has 0 spiro atoms. The summed E-state index contributed by atoms with van der Waals surface area (Å²) in [4.78, 5) is 7.48. The summed E-state index contributed by atoms with van der Waals surface area (Å²) in [6.45, 7) is 5.67. The number of nitrogens with zero attached hydrogens (tertiary/aromatic N) is 1. The number of hydrogen-bond donors (Lipinski definition) is 1. The van der Waals surface area contributed by atoms with Crippen LogP contribution in [0.4, 0.5) is 0 Å². The lowest BCUT2D eigenvalue weighted by Crippen LogP contribution is -1.74. The number of H-pyrrole nitrogens is 1.